The van der Waals surface area contributed by atoms with Gasteiger partial charge in [-0.1, -0.05) is 50.3 Å². The number of rotatable bonds is 11. The molecule has 0 saturated carbocycles. The van der Waals surface area contributed by atoms with E-state index in [4.69, 9.17) is 4.74 Å². The summed E-state index contributed by atoms with van der Waals surface area (Å²) in [6, 6.07) is 9.82. The molecule has 1 aromatic rings. The Bertz CT molecular complexity index is 434. The molecule has 1 aromatic carbocycles. The smallest absolute Gasteiger partial charge is 0.0720 e. The second-order valence-corrected chi connectivity index (χ2v) is 6.24. The lowest BCUT2D eigenvalue weighted by Gasteiger charge is -2.34. The number of aliphatic hydroxyl groups excluding tert-OH is 3. The van der Waals surface area contributed by atoms with Crippen LogP contribution in [0.4, 0.5) is 0 Å². The standard InChI is InChI=1S/C19H30O4/c1-4-8-17(12-21)18(22)15(3)19(14(2)11-20)23-13-16-9-6-5-7-10-16/h4-7,9-10,14-15,17-22H,1,8,11-13H2,2-3H3/t14-,15+,17-,18+,19-/m1/s1. The fourth-order valence-electron chi connectivity index (χ4n) is 2.86. The summed E-state index contributed by atoms with van der Waals surface area (Å²) in [6.45, 7) is 7.79. The second-order valence-electron chi connectivity index (χ2n) is 6.24. The molecule has 0 heterocycles. The van der Waals surface area contributed by atoms with Gasteiger partial charge in [0.1, 0.15) is 0 Å². The molecule has 0 aliphatic rings. The minimum Gasteiger partial charge on any atom is -0.396 e. The molecule has 0 fully saturated rings. The van der Waals surface area contributed by atoms with Crippen molar-refractivity contribution in [2.45, 2.75) is 39.1 Å². The van der Waals surface area contributed by atoms with Crippen LogP contribution in [0.2, 0.25) is 0 Å². The monoisotopic (exact) mass is 322 g/mol. The highest BCUT2D eigenvalue weighted by atomic mass is 16.5. The van der Waals surface area contributed by atoms with Crippen LogP contribution >= 0.6 is 0 Å². The first-order valence-electron chi connectivity index (χ1n) is 8.21. The Morgan fingerprint density at radius 3 is 2.30 bits per heavy atom. The third-order valence-electron chi connectivity index (χ3n) is 4.38. The van der Waals surface area contributed by atoms with Gasteiger partial charge >= 0.3 is 0 Å². The number of benzene rings is 1. The van der Waals surface area contributed by atoms with Crippen LogP contribution < -0.4 is 0 Å². The molecular weight excluding hydrogens is 292 g/mol. The van der Waals surface area contributed by atoms with E-state index < -0.39 is 6.10 Å². The average molecular weight is 322 g/mol. The van der Waals surface area contributed by atoms with E-state index in [0.29, 0.717) is 13.0 Å². The van der Waals surface area contributed by atoms with Gasteiger partial charge in [0.05, 0.1) is 18.8 Å². The van der Waals surface area contributed by atoms with Gasteiger partial charge in [-0.2, -0.15) is 0 Å². The van der Waals surface area contributed by atoms with Crippen LogP contribution in [-0.2, 0) is 11.3 Å². The third kappa shape index (κ3) is 6.07. The predicted molar refractivity (Wildman–Crippen MR) is 91.8 cm³/mol. The topological polar surface area (TPSA) is 69.9 Å². The molecule has 0 radical (unpaired) electrons. The molecule has 0 aromatic heterocycles. The van der Waals surface area contributed by atoms with E-state index in [1.165, 1.54) is 0 Å². The number of hydrogen-bond donors (Lipinski definition) is 3. The summed E-state index contributed by atoms with van der Waals surface area (Å²) in [5, 5.41) is 29.5. The highest BCUT2D eigenvalue weighted by Crippen LogP contribution is 2.26. The minimum absolute atomic E-state index is 0.0121. The molecule has 1 rings (SSSR count). The average Bonchev–Trinajstić information content (AvgIpc) is 2.59. The zero-order valence-corrected chi connectivity index (χ0v) is 14.1. The first kappa shape index (κ1) is 19.8. The Morgan fingerprint density at radius 2 is 1.78 bits per heavy atom. The third-order valence-corrected chi connectivity index (χ3v) is 4.38. The lowest BCUT2D eigenvalue weighted by molar-refractivity contribution is -0.0909. The molecule has 0 aliphatic carbocycles. The van der Waals surface area contributed by atoms with Gasteiger partial charge in [0, 0.05) is 31.0 Å². The number of allylic oxidation sites excluding steroid dienone is 1. The zero-order valence-electron chi connectivity index (χ0n) is 14.1. The van der Waals surface area contributed by atoms with Crippen molar-refractivity contribution in [1.29, 1.82) is 0 Å². The molecule has 0 spiro atoms. The van der Waals surface area contributed by atoms with Gasteiger partial charge in [-0.15, -0.1) is 6.58 Å². The van der Waals surface area contributed by atoms with Crippen molar-refractivity contribution in [3.8, 4) is 0 Å². The molecule has 0 amide bonds. The van der Waals surface area contributed by atoms with Crippen molar-refractivity contribution in [2.75, 3.05) is 13.2 Å². The maximum atomic E-state index is 10.6. The van der Waals surface area contributed by atoms with Crippen molar-refractivity contribution in [2.24, 2.45) is 17.8 Å². The van der Waals surface area contributed by atoms with Crippen molar-refractivity contribution < 1.29 is 20.1 Å². The van der Waals surface area contributed by atoms with Gasteiger partial charge in [-0.25, -0.2) is 0 Å². The van der Waals surface area contributed by atoms with Crippen LogP contribution in [0.1, 0.15) is 25.8 Å². The van der Waals surface area contributed by atoms with E-state index >= 15 is 0 Å². The summed E-state index contributed by atoms with van der Waals surface area (Å²) in [7, 11) is 0. The molecule has 0 saturated heterocycles. The van der Waals surface area contributed by atoms with Crippen LogP contribution in [0.25, 0.3) is 0 Å². The maximum absolute atomic E-state index is 10.6. The van der Waals surface area contributed by atoms with Crippen molar-refractivity contribution >= 4 is 0 Å². The molecule has 3 N–H and O–H groups in total. The fraction of sp³-hybridized carbons (Fsp3) is 0.579. The SMILES string of the molecule is C=CC[C@H](CO)[C@@H](O)[C@H](C)[C@H](OCc1ccccc1)[C@H](C)CO. The van der Waals surface area contributed by atoms with Gasteiger partial charge in [0.15, 0.2) is 0 Å². The van der Waals surface area contributed by atoms with Crippen LogP contribution in [0.5, 0.6) is 0 Å². The summed E-state index contributed by atoms with van der Waals surface area (Å²) in [6.07, 6.45) is 1.23. The first-order valence-corrected chi connectivity index (χ1v) is 8.21. The van der Waals surface area contributed by atoms with E-state index in [1.807, 2.05) is 44.2 Å². The fourth-order valence-corrected chi connectivity index (χ4v) is 2.86. The maximum Gasteiger partial charge on any atom is 0.0720 e. The summed E-state index contributed by atoms with van der Waals surface area (Å²) >= 11 is 0. The van der Waals surface area contributed by atoms with E-state index in [9.17, 15) is 15.3 Å². The number of ether oxygens (including phenoxy) is 1. The van der Waals surface area contributed by atoms with Gasteiger partial charge in [-0.05, 0) is 12.0 Å². The Labute approximate surface area is 139 Å². The second kappa shape index (κ2) is 10.6. The highest BCUT2D eigenvalue weighted by Gasteiger charge is 2.33. The van der Waals surface area contributed by atoms with Gasteiger partial charge in [0.2, 0.25) is 0 Å². The van der Waals surface area contributed by atoms with E-state index in [-0.39, 0.29) is 37.1 Å². The first-order chi connectivity index (χ1) is 11.0. The van der Waals surface area contributed by atoms with Crippen molar-refractivity contribution in [3.63, 3.8) is 0 Å². The van der Waals surface area contributed by atoms with E-state index in [0.717, 1.165) is 5.56 Å². The normalized spacial score (nSPS) is 18.0. The lowest BCUT2D eigenvalue weighted by atomic mass is 9.82. The molecule has 4 nitrogen and oxygen atoms in total. The highest BCUT2D eigenvalue weighted by molar-refractivity contribution is 5.13. The molecular formula is C19H30O4. The Hall–Kier alpha value is -1.20. The molecule has 23 heavy (non-hydrogen) atoms. The number of aliphatic hydroxyl groups is 3. The van der Waals surface area contributed by atoms with Crippen LogP contribution in [-0.4, -0.2) is 40.7 Å². The van der Waals surface area contributed by atoms with E-state index in [1.54, 1.807) is 6.08 Å². The van der Waals surface area contributed by atoms with Crippen LogP contribution in [0.3, 0.4) is 0 Å². The summed E-state index contributed by atoms with van der Waals surface area (Å²) < 4.78 is 6.01. The summed E-state index contributed by atoms with van der Waals surface area (Å²) in [4.78, 5) is 0. The molecule has 4 heteroatoms. The summed E-state index contributed by atoms with van der Waals surface area (Å²) in [5.41, 5.74) is 1.05. The van der Waals surface area contributed by atoms with Gasteiger partial charge < -0.3 is 20.1 Å². The van der Waals surface area contributed by atoms with Crippen LogP contribution in [0, 0.1) is 17.8 Å². The van der Waals surface area contributed by atoms with Crippen molar-refractivity contribution in [1.82, 2.24) is 0 Å². The predicted octanol–water partition coefficient (Wildman–Crippen LogP) is 2.38. The Kier molecular flexibility index (Phi) is 9.10. The molecule has 130 valence electrons. The van der Waals surface area contributed by atoms with Crippen molar-refractivity contribution in [3.05, 3.63) is 48.6 Å². The lowest BCUT2D eigenvalue weighted by Crippen LogP contribution is -2.41. The van der Waals surface area contributed by atoms with Gasteiger partial charge in [-0.3, -0.25) is 0 Å². The largest absolute Gasteiger partial charge is 0.396 e. The molecule has 0 bridgehead atoms. The minimum atomic E-state index is -0.715. The van der Waals surface area contributed by atoms with Gasteiger partial charge in [0.25, 0.3) is 0 Å². The zero-order chi connectivity index (χ0) is 17.2. The Balaban J connectivity index is 2.77. The van der Waals surface area contributed by atoms with Crippen LogP contribution in [0.15, 0.2) is 43.0 Å². The number of hydrogen-bond acceptors (Lipinski definition) is 4. The molecule has 0 aliphatic heterocycles. The summed E-state index contributed by atoms with van der Waals surface area (Å²) in [5.74, 6) is -0.583. The molecule has 5 atom stereocenters. The molecule has 0 unspecified atom stereocenters. The quantitative estimate of drug-likeness (QED) is 0.547. The van der Waals surface area contributed by atoms with E-state index in [2.05, 4.69) is 6.58 Å². The Morgan fingerprint density at radius 1 is 1.13 bits per heavy atom.